The van der Waals surface area contributed by atoms with Crippen LogP contribution in [0.2, 0.25) is 0 Å². The van der Waals surface area contributed by atoms with E-state index >= 15 is 0 Å². The average Bonchev–Trinajstić information content (AvgIpc) is 2.71. The summed E-state index contributed by atoms with van der Waals surface area (Å²) in [7, 11) is 0. The summed E-state index contributed by atoms with van der Waals surface area (Å²) in [6, 6.07) is 27.7. The average molecular weight is 358 g/mol. The first kappa shape index (κ1) is 17.7. The van der Waals surface area contributed by atoms with Gasteiger partial charge in [0.1, 0.15) is 0 Å². The number of benzene rings is 2. The Balaban J connectivity index is 1.55. The zero-order valence-electron chi connectivity index (χ0n) is 15.9. The normalized spacial score (nSPS) is 16.8. The van der Waals surface area contributed by atoms with E-state index in [1.807, 2.05) is 0 Å². The predicted octanol–water partition coefficient (Wildman–Crippen LogP) is 4.99. The third-order valence-corrected chi connectivity index (χ3v) is 5.49. The van der Waals surface area contributed by atoms with Crippen LogP contribution in [-0.2, 0) is 12.1 Å². The molecule has 0 spiro atoms. The van der Waals surface area contributed by atoms with E-state index < -0.39 is 0 Å². The lowest BCUT2D eigenvalue weighted by molar-refractivity contribution is 0.164. The highest BCUT2D eigenvalue weighted by Crippen LogP contribution is 2.36. The van der Waals surface area contributed by atoms with Gasteiger partial charge in [-0.2, -0.15) is 0 Å². The van der Waals surface area contributed by atoms with Crippen molar-refractivity contribution in [2.75, 3.05) is 18.4 Å². The Morgan fingerprint density at radius 3 is 2.19 bits per heavy atom. The first-order valence-corrected chi connectivity index (χ1v) is 9.77. The van der Waals surface area contributed by atoms with Crippen molar-refractivity contribution in [3.8, 4) is 0 Å². The zero-order chi connectivity index (χ0) is 18.5. The van der Waals surface area contributed by atoms with E-state index in [1.165, 1.54) is 5.56 Å². The molecule has 3 heteroatoms. The summed E-state index contributed by atoms with van der Waals surface area (Å²) in [6.45, 7) is 5.21. The highest BCUT2D eigenvalue weighted by atomic mass is 15.2. The smallest absolute Gasteiger partial charge is 0.0820 e. The van der Waals surface area contributed by atoms with Gasteiger partial charge in [0.25, 0.3) is 0 Å². The number of nitrogens with zero attached hydrogens (tertiary/aromatic N) is 2. The van der Waals surface area contributed by atoms with E-state index in [0.717, 1.165) is 49.6 Å². The van der Waals surface area contributed by atoms with Gasteiger partial charge in [0.2, 0.25) is 0 Å². The minimum atomic E-state index is -0.111. The molecule has 2 aromatic carbocycles. The number of anilines is 1. The third-order valence-electron chi connectivity index (χ3n) is 5.49. The molecular weight excluding hydrogens is 330 g/mol. The number of aryl methyl sites for hydroxylation is 1. The Bertz CT molecular complexity index is 853. The molecule has 0 unspecified atom stereocenters. The molecule has 3 nitrogen and oxygen atoms in total. The SMILES string of the molecule is Cc1cccc(C2(Nc3ccccc3)CCN(Cc3ccccc3)CC2)n1. The topological polar surface area (TPSA) is 28.2 Å². The van der Waals surface area contributed by atoms with Crippen LogP contribution in [0, 0.1) is 6.92 Å². The van der Waals surface area contributed by atoms with Crippen LogP contribution in [0.3, 0.4) is 0 Å². The van der Waals surface area contributed by atoms with E-state index in [-0.39, 0.29) is 5.54 Å². The fourth-order valence-corrected chi connectivity index (χ4v) is 3.99. The summed E-state index contributed by atoms with van der Waals surface area (Å²) in [5, 5.41) is 3.83. The monoisotopic (exact) mass is 357 g/mol. The summed E-state index contributed by atoms with van der Waals surface area (Å²) < 4.78 is 0. The van der Waals surface area contributed by atoms with Gasteiger partial charge in [0, 0.05) is 31.0 Å². The number of para-hydroxylation sites is 1. The third kappa shape index (κ3) is 4.20. The second-order valence-electron chi connectivity index (χ2n) is 7.50. The molecule has 1 aliphatic rings. The Labute approximate surface area is 162 Å². The number of pyridine rings is 1. The largest absolute Gasteiger partial charge is 0.374 e. The summed E-state index contributed by atoms with van der Waals surface area (Å²) in [5.74, 6) is 0. The molecule has 1 fully saturated rings. The van der Waals surface area contributed by atoms with Crippen molar-refractivity contribution in [3.63, 3.8) is 0 Å². The van der Waals surface area contributed by atoms with Gasteiger partial charge >= 0.3 is 0 Å². The maximum atomic E-state index is 4.89. The van der Waals surface area contributed by atoms with Crippen molar-refractivity contribution in [2.45, 2.75) is 31.8 Å². The molecule has 3 aromatic rings. The van der Waals surface area contributed by atoms with Crippen molar-refractivity contribution in [1.29, 1.82) is 0 Å². The standard InChI is InChI=1S/C24H27N3/c1-20-9-8-14-23(25-20)24(26-22-12-6-3-7-13-22)15-17-27(18-16-24)19-21-10-4-2-5-11-21/h2-14,26H,15-19H2,1H3. The number of nitrogens with one attached hydrogen (secondary N) is 1. The van der Waals surface area contributed by atoms with Crippen LogP contribution in [0.1, 0.15) is 29.8 Å². The molecule has 0 radical (unpaired) electrons. The van der Waals surface area contributed by atoms with Crippen molar-refractivity contribution in [1.82, 2.24) is 9.88 Å². The van der Waals surface area contributed by atoms with E-state index in [9.17, 15) is 0 Å². The molecule has 27 heavy (non-hydrogen) atoms. The van der Waals surface area contributed by atoms with Gasteiger partial charge in [-0.05, 0) is 49.6 Å². The lowest BCUT2D eigenvalue weighted by atomic mass is 9.83. The van der Waals surface area contributed by atoms with Crippen molar-refractivity contribution < 1.29 is 0 Å². The molecule has 0 amide bonds. The Morgan fingerprint density at radius 2 is 1.52 bits per heavy atom. The first-order chi connectivity index (χ1) is 13.2. The van der Waals surface area contributed by atoms with Crippen molar-refractivity contribution >= 4 is 5.69 Å². The van der Waals surface area contributed by atoms with Crippen LogP contribution in [0.25, 0.3) is 0 Å². The Hall–Kier alpha value is -2.65. The lowest BCUT2D eigenvalue weighted by Crippen LogP contribution is -2.47. The molecule has 1 aliphatic heterocycles. The number of aromatic nitrogens is 1. The number of rotatable bonds is 5. The second kappa shape index (κ2) is 7.93. The predicted molar refractivity (Wildman–Crippen MR) is 112 cm³/mol. The molecular formula is C24H27N3. The highest BCUT2D eigenvalue weighted by molar-refractivity contribution is 5.47. The van der Waals surface area contributed by atoms with Crippen molar-refractivity contribution in [2.24, 2.45) is 0 Å². The van der Waals surface area contributed by atoms with E-state index in [4.69, 9.17) is 4.98 Å². The maximum Gasteiger partial charge on any atom is 0.0820 e. The van der Waals surface area contributed by atoms with Crippen LogP contribution < -0.4 is 5.32 Å². The van der Waals surface area contributed by atoms with Gasteiger partial charge < -0.3 is 5.32 Å². The Kier molecular flexibility index (Phi) is 5.21. The van der Waals surface area contributed by atoms with Crippen LogP contribution in [-0.4, -0.2) is 23.0 Å². The first-order valence-electron chi connectivity index (χ1n) is 9.77. The molecule has 4 rings (SSSR count). The lowest BCUT2D eigenvalue weighted by Gasteiger charge is -2.43. The Morgan fingerprint density at radius 1 is 0.852 bits per heavy atom. The zero-order valence-corrected chi connectivity index (χ0v) is 15.9. The summed E-state index contributed by atoms with van der Waals surface area (Å²) >= 11 is 0. The number of piperidine rings is 1. The van der Waals surface area contributed by atoms with E-state index in [2.05, 4.69) is 96.0 Å². The highest BCUT2D eigenvalue weighted by Gasteiger charge is 2.37. The van der Waals surface area contributed by atoms with Gasteiger partial charge in [0.15, 0.2) is 0 Å². The molecule has 0 atom stereocenters. The molecule has 1 N–H and O–H groups in total. The van der Waals surface area contributed by atoms with Gasteiger partial charge in [-0.1, -0.05) is 54.6 Å². The number of hydrogen-bond donors (Lipinski definition) is 1. The van der Waals surface area contributed by atoms with Crippen molar-refractivity contribution in [3.05, 3.63) is 95.8 Å². The number of hydrogen-bond acceptors (Lipinski definition) is 3. The van der Waals surface area contributed by atoms with Gasteiger partial charge in [0.05, 0.1) is 11.2 Å². The molecule has 1 saturated heterocycles. The maximum absolute atomic E-state index is 4.89. The molecule has 2 heterocycles. The minimum Gasteiger partial charge on any atom is -0.374 e. The molecule has 0 bridgehead atoms. The van der Waals surface area contributed by atoms with Crippen LogP contribution in [0.15, 0.2) is 78.9 Å². The quantitative estimate of drug-likeness (QED) is 0.697. The molecule has 0 aliphatic carbocycles. The van der Waals surface area contributed by atoms with E-state index in [0.29, 0.717) is 0 Å². The van der Waals surface area contributed by atoms with Gasteiger partial charge in [-0.3, -0.25) is 9.88 Å². The summed E-state index contributed by atoms with van der Waals surface area (Å²) in [4.78, 5) is 7.44. The minimum absolute atomic E-state index is 0.111. The molecule has 1 aromatic heterocycles. The number of likely N-dealkylation sites (tertiary alicyclic amines) is 1. The summed E-state index contributed by atoms with van der Waals surface area (Å²) in [6.07, 6.45) is 2.09. The van der Waals surface area contributed by atoms with Gasteiger partial charge in [-0.15, -0.1) is 0 Å². The van der Waals surface area contributed by atoms with Crippen LogP contribution in [0.5, 0.6) is 0 Å². The fourth-order valence-electron chi connectivity index (χ4n) is 3.99. The van der Waals surface area contributed by atoms with Crippen LogP contribution in [0.4, 0.5) is 5.69 Å². The van der Waals surface area contributed by atoms with Gasteiger partial charge in [-0.25, -0.2) is 0 Å². The molecule has 138 valence electrons. The fraction of sp³-hybridized carbons (Fsp3) is 0.292. The summed E-state index contributed by atoms with van der Waals surface area (Å²) in [5.41, 5.74) is 4.67. The van der Waals surface area contributed by atoms with Crippen LogP contribution >= 0.6 is 0 Å². The second-order valence-corrected chi connectivity index (χ2v) is 7.50. The molecule has 0 saturated carbocycles. The van der Waals surface area contributed by atoms with E-state index in [1.54, 1.807) is 0 Å².